The number of hydrogen-bond acceptors (Lipinski definition) is 1. The molecule has 1 aliphatic heterocycles. The van der Waals surface area contributed by atoms with Crippen LogP contribution in [-0.4, -0.2) is 13.1 Å². The van der Waals surface area contributed by atoms with Crippen molar-refractivity contribution in [3.63, 3.8) is 0 Å². The lowest BCUT2D eigenvalue weighted by Gasteiger charge is -2.22. The van der Waals surface area contributed by atoms with Crippen molar-refractivity contribution in [1.29, 1.82) is 0 Å². The molecule has 12 heavy (non-hydrogen) atoms. The molecule has 1 nitrogen and oxygen atoms in total. The van der Waals surface area contributed by atoms with Gasteiger partial charge in [-0.25, -0.2) is 0 Å². The molecule has 1 heteroatoms. The van der Waals surface area contributed by atoms with Crippen molar-refractivity contribution in [1.82, 2.24) is 5.32 Å². The maximum absolute atomic E-state index is 3.36. The summed E-state index contributed by atoms with van der Waals surface area (Å²) < 4.78 is 0. The fourth-order valence-corrected chi connectivity index (χ4v) is 1.81. The minimum Gasteiger partial charge on any atom is -0.316 e. The first-order valence-electron chi connectivity index (χ1n) is 5.33. The maximum atomic E-state index is 3.36. The van der Waals surface area contributed by atoms with Gasteiger partial charge in [0.2, 0.25) is 0 Å². The molecular weight excluding hydrogens is 146 g/mol. The monoisotopic (exact) mass is 168 g/mol. The average Bonchev–Trinajstić information content (AvgIpc) is 2.05. The number of nitrogens with one attached hydrogen (secondary N) is 1. The molecule has 0 aromatic heterocycles. The van der Waals surface area contributed by atoms with Crippen molar-refractivity contribution >= 4 is 0 Å². The van der Waals surface area contributed by atoms with Crippen molar-refractivity contribution in [2.75, 3.05) is 13.1 Å². The summed E-state index contributed by atoms with van der Waals surface area (Å²) in [5.74, 6) is 1.79. The molecule has 1 saturated heterocycles. The summed E-state index contributed by atoms with van der Waals surface area (Å²) in [6.45, 7) is 6.98. The Labute approximate surface area is 76.9 Å². The molecule has 0 bridgehead atoms. The van der Waals surface area contributed by atoms with E-state index in [9.17, 15) is 0 Å². The van der Waals surface area contributed by atoms with Gasteiger partial charge in [0.25, 0.3) is 0 Å². The molecule has 0 aliphatic carbocycles. The zero-order valence-electron chi connectivity index (χ0n) is 8.47. The first kappa shape index (κ1) is 10.0. The van der Waals surface area contributed by atoms with Gasteiger partial charge < -0.3 is 5.32 Å². The lowest BCUT2D eigenvalue weighted by atomic mass is 9.91. The van der Waals surface area contributed by atoms with E-state index >= 15 is 0 Å². The Bertz CT molecular complexity index is 104. The van der Waals surface area contributed by atoms with E-state index in [4.69, 9.17) is 0 Å². The molecule has 0 saturated carbocycles. The Balaban J connectivity index is 1.98. The highest BCUT2D eigenvalue weighted by Crippen LogP contribution is 2.19. The molecular formula is C11H22N. The Morgan fingerprint density at radius 2 is 2.33 bits per heavy atom. The van der Waals surface area contributed by atoms with Gasteiger partial charge >= 0.3 is 0 Å². The van der Waals surface area contributed by atoms with E-state index in [1.54, 1.807) is 0 Å². The predicted molar refractivity (Wildman–Crippen MR) is 54.0 cm³/mol. The molecule has 0 amide bonds. The molecule has 1 aliphatic rings. The summed E-state index contributed by atoms with van der Waals surface area (Å²) >= 11 is 0. The molecule has 1 unspecified atom stereocenters. The van der Waals surface area contributed by atoms with Gasteiger partial charge in [0.1, 0.15) is 0 Å². The fraction of sp³-hybridized carbons (Fsp3) is 0.909. The standard InChI is InChI=1S/C11H22N/c1-10(2)4-3-5-11-6-8-12-9-7-11/h6,10-12H,3-5,7-9H2,1-2H3. The normalized spacial score (nSPS) is 20.2. The Hall–Kier alpha value is -0.0400. The van der Waals surface area contributed by atoms with E-state index in [1.807, 2.05) is 0 Å². The largest absolute Gasteiger partial charge is 0.316 e. The van der Waals surface area contributed by atoms with Gasteiger partial charge in [0.15, 0.2) is 0 Å². The summed E-state index contributed by atoms with van der Waals surface area (Å²) in [5, 5.41) is 3.36. The quantitative estimate of drug-likeness (QED) is 0.680. The van der Waals surface area contributed by atoms with Gasteiger partial charge in [0, 0.05) is 0 Å². The third kappa shape index (κ3) is 4.10. The Morgan fingerprint density at radius 1 is 1.50 bits per heavy atom. The molecule has 1 fully saturated rings. The summed E-state index contributed by atoms with van der Waals surface area (Å²) in [7, 11) is 0. The second-order valence-electron chi connectivity index (χ2n) is 4.31. The molecule has 1 N–H and O–H groups in total. The van der Waals surface area contributed by atoms with Gasteiger partial charge in [0.05, 0.1) is 0 Å². The Morgan fingerprint density at radius 3 is 2.92 bits per heavy atom. The molecule has 1 heterocycles. The van der Waals surface area contributed by atoms with Crippen molar-refractivity contribution in [3.8, 4) is 0 Å². The molecule has 71 valence electrons. The Kier molecular flexibility index (Phi) is 4.67. The third-order valence-corrected chi connectivity index (χ3v) is 2.64. The summed E-state index contributed by atoms with van der Waals surface area (Å²) in [6, 6.07) is 0. The fourth-order valence-electron chi connectivity index (χ4n) is 1.81. The van der Waals surface area contributed by atoms with Crippen LogP contribution in [-0.2, 0) is 0 Å². The smallest absolute Gasteiger partial charge is 0.00146 e. The minimum absolute atomic E-state index is 0.881. The van der Waals surface area contributed by atoms with Crippen LogP contribution in [0.25, 0.3) is 0 Å². The molecule has 1 rings (SSSR count). The van der Waals surface area contributed by atoms with Gasteiger partial charge in [-0.1, -0.05) is 33.1 Å². The molecule has 1 atom stereocenters. The maximum Gasteiger partial charge on any atom is -0.00146 e. The minimum atomic E-state index is 0.881. The lowest BCUT2D eigenvalue weighted by Crippen LogP contribution is -2.28. The second kappa shape index (κ2) is 5.58. The number of piperidine rings is 1. The average molecular weight is 168 g/mol. The van der Waals surface area contributed by atoms with Crippen LogP contribution in [0.2, 0.25) is 0 Å². The van der Waals surface area contributed by atoms with E-state index in [-0.39, 0.29) is 0 Å². The van der Waals surface area contributed by atoms with Gasteiger partial charge in [-0.05, 0) is 37.8 Å². The van der Waals surface area contributed by atoms with Crippen LogP contribution in [0.5, 0.6) is 0 Å². The van der Waals surface area contributed by atoms with E-state index in [0.717, 1.165) is 18.4 Å². The van der Waals surface area contributed by atoms with Crippen molar-refractivity contribution in [2.24, 2.45) is 11.8 Å². The van der Waals surface area contributed by atoms with Crippen LogP contribution in [0, 0.1) is 18.3 Å². The van der Waals surface area contributed by atoms with Crippen molar-refractivity contribution in [2.45, 2.75) is 39.5 Å². The van der Waals surface area contributed by atoms with E-state index < -0.39 is 0 Å². The van der Waals surface area contributed by atoms with E-state index in [2.05, 4.69) is 25.6 Å². The highest BCUT2D eigenvalue weighted by atomic mass is 14.9. The summed E-state index contributed by atoms with van der Waals surface area (Å²) in [5.41, 5.74) is 0. The molecule has 1 radical (unpaired) electrons. The topological polar surface area (TPSA) is 12.0 Å². The highest BCUT2D eigenvalue weighted by molar-refractivity contribution is 4.83. The zero-order valence-corrected chi connectivity index (χ0v) is 8.47. The third-order valence-electron chi connectivity index (χ3n) is 2.64. The molecule has 0 aromatic carbocycles. The van der Waals surface area contributed by atoms with Crippen LogP contribution in [0.4, 0.5) is 0 Å². The van der Waals surface area contributed by atoms with E-state index in [1.165, 1.54) is 32.2 Å². The van der Waals surface area contributed by atoms with Gasteiger partial charge in [-0.2, -0.15) is 0 Å². The number of rotatable bonds is 4. The first-order valence-corrected chi connectivity index (χ1v) is 5.33. The summed E-state index contributed by atoms with van der Waals surface area (Å²) in [4.78, 5) is 0. The van der Waals surface area contributed by atoms with Gasteiger partial charge in [-0.15, -0.1) is 0 Å². The summed E-state index contributed by atoms with van der Waals surface area (Å²) in [6.07, 6.45) is 8.04. The van der Waals surface area contributed by atoms with Crippen LogP contribution in [0.15, 0.2) is 0 Å². The van der Waals surface area contributed by atoms with Crippen LogP contribution >= 0.6 is 0 Å². The first-order chi connectivity index (χ1) is 5.79. The number of hydrogen-bond donors (Lipinski definition) is 1. The zero-order chi connectivity index (χ0) is 8.81. The van der Waals surface area contributed by atoms with E-state index in [0.29, 0.717) is 0 Å². The van der Waals surface area contributed by atoms with Crippen molar-refractivity contribution < 1.29 is 0 Å². The second-order valence-corrected chi connectivity index (χ2v) is 4.31. The molecule has 0 spiro atoms. The molecule has 0 aromatic rings. The highest BCUT2D eigenvalue weighted by Gasteiger charge is 2.12. The SMILES string of the molecule is CC(C)CCCC1[CH]CNCC1. The predicted octanol–water partition coefficient (Wildman–Crippen LogP) is 2.63. The van der Waals surface area contributed by atoms with Gasteiger partial charge in [-0.3, -0.25) is 0 Å². The van der Waals surface area contributed by atoms with Crippen LogP contribution in [0.3, 0.4) is 0 Å². The van der Waals surface area contributed by atoms with Crippen LogP contribution < -0.4 is 5.32 Å². The van der Waals surface area contributed by atoms with Crippen LogP contribution in [0.1, 0.15) is 39.5 Å². The van der Waals surface area contributed by atoms with Crippen molar-refractivity contribution in [3.05, 3.63) is 6.42 Å². The lowest BCUT2D eigenvalue weighted by molar-refractivity contribution is 0.403.